The first-order valence-corrected chi connectivity index (χ1v) is 9.40. The highest BCUT2D eigenvalue weighted by Gasteiger charge is 2.31. The van der Waals surface area contributed by atoms with Crippen molar-refractivity contribution < 1.29 is 8.42 Å². The third kappa shape index (κ3) is 3.42. The van der Waals surface area contributed by atoms with Gasteiger partial charge in [-0.3, -0.25) is 0 Å². The molecule has 1 aliphatic rings. The van der Waals surface area contributed by atoms with Crippen molar-refractivity contribution in [3.8, 4) is 0 Å². The molecular formula is C14H24N2O2S2. The maximum absolute atomic E-state index is 12.8. The predicted molar refractivity (Wildman–Crippen MR) is 83.5 cm³/mol. The minimum absolute atomic E-state index is 0.243. The topological polar surface area (TPSA) is 49.4 Å². The fourth-order valence-corrected chi connectivity index (χ4v) is 5.53. The van der Waals surface area contributed by atoms with Crippen LogP contribution in [0.25, 0.3) is 0 Å². The predicted octanol–water partition coefficient (Wildman–Crippen LogP) is 2.67. The Morgan fingerprint density at radius 2 is 2.10 bits per heavy atom. The summed E-state index contributed by atoms with van der Waals surface area (Å²) < 4.78 is 27.3. The Labute approximate surface area is 126 Å². The first-order chi connectivity index (χ1) is 9.37. The lowest BCUT2D eigenvalue weighted by atomic mass is 9.85. The van der Waals surface area contributed by atoms with Crippen molar-refractivity contribution in [1.29, 1.82) is 0 Å². The number of sulfonamides is 1. The Morgan fingerprint density at radius 3 is 2.80 bits per heavy atom. The second-order valence-corrected chi connectivity index (χ2v) is 9.07. The van der Waals surface area contributed by atoms with Crippen molar-refractivity contribution >= 4 is 21.4 Å². The molecule has 0 radical (unpaired) electrons. The summed E-state index contributed by atoms with van der Waals surface area (Å²) in [6.07, 6.45) is 2.96. The van der Waals surface area contributed by atoms with Gasteiger partial charge < -0.3 is 5.32 Å². The lowest BCUT2D eigenvalue weighted by Crippen LogP contribution is -2.33. The van der Waals surface area contributed by atoms with Crippen LogP contribution in [0.2, 0.25) is 0 Å². The van der Waals surface area contributed by atoms with E-state index in [0.717, 1.165) is 24.1 Å². The van der Waals surface area contributed by atoms with Gasteiger partial charge in [0.1, 0.15) is 0 Å². The van der Waals surface area contributed by atoms with E-state index in [1.165, 1.54) is 11.3 Å². The number of hydrogen-bond acceptors (Lipinski definition) is 4. The van der Waals surface area contributed by atoms with E-state index >= 15 is 0 Å². The van der Waals surface area contributed by atoms with E-state index in [0.29, 0.717) is 24.5 Å². The molecule has 4 nitrogen and oxygen atoms in total. The molecule has 0 aromatic carbocycles. The first kappa shape index (κ1) is 15.9. The summed E-state index contributed by atoms with van der Waals surface area (Å²) in [5, 5.41) is 4.90. The molecule has 0 saturated carbocycles. The Morgan fingerprint density at radius 1 is 1.35 bits per heavy atom. The van der Waals surface area contributed by atoms with Gasteiger partial charge in [-0.25, -0.2) is 8.42 Å². The van der Waals surface area contributed by atoms with Crippen molar-refractivity contribution in [2.24, 2.45) is 5.41 Å². The largest absolute Gasteiger partial charge is 0.315 e. The molecule has 114 valence electrons. The summed E-state index contributed by atoms with van der Waals surface area (Å²) in [6.45, 7) is 6.32. The number of hydrogen-bond donors (Lipinski definition) is 1. The quantitative estimate of drug-likeness (QED) is 0.929. The normalized spacial score (nSPS) is 20.8. The zero-order valence-electron chi connectivity index (χ0n) is 12.5. The molecule has 0 amide bonds. The van der Waals surface area contributed by atoms with Crippen LogP contribution in [0.1, 0.15) is 38.0 Å². The van der Waals surface area contributed by atoms with Crippen LogP contribution in [0.5, 0.6) is 0 Å². The molecule has 1 aliphatic heterocycles. The molecule has 1 N–H and O–H groups in total. The van der Waals surface area contributed by atoms with E-state index in [9.17, 15) is 8.42 Å². The van der Waals surface area contributed by atoms with Crippen molar-refractivity contribution in [3.05, 3.63) is 16.3 Å². The fourth-order valence-electron chi connectivity index (χ4n) is 2.63. The third-order valence-corrected chi connectivity index (χ3v) is 6.99. The van der Waals surface area contributed by atoms with Gasteiger partial charge in [0, 0.05) is 24.5 Å². The number of thiophene rings is 1. The molecule has 0 bridgehead atoms. The lowest BCUT2D eigenvalue weighted by Gasteiger charge is -2.23. The van der Waals surface area contributed by atoms with Crippen molar-refractivity contribution in [2.75, 3.05) is 20.1 Å². The zero-order chi connectivity index (χ0) is 14.8. The summed E-state index contributed by atoms with van der Waals surface area (Å²) in [7, 11) is -1.50. The van der Waals surface area contributed by atoms with Crippen LogP contribution in [0.4, 0.5) is 0 Å². The highest BCUT2D eigenvalue weighted by molar-refractivity contribution is 7.89. The van der Waals surface area contributed by atoms with Gasteiger partial charge in [0.15, 0.2) is 0 Å². The molecular weight excluding hydrogens is 292 g/mol. The molecule has 1 aromatic rings. The zero-order valence-corrected chi connectivity index (χ0v) is 14.1. The third-order valence-electron chi connectivity index (χ3n) is 3.96. The van der Waals surface area contributed by atoms with E-state index in [4.69, 9.17) is 0 Å². The van der Waals surface area contributed by atoms with Gasteiger partial charge in [-0.1, -0.05) is 13.8 Å². The summed E-state index contributed by atoms with van der Waals surface area (Å²) in [4.78, 5) is 1.38. The average Bonchev–Trinajstić information content (AvgIpc) is 2.74. The van der Waals surface area contributed by atoms with Crippen LogP contribution in [0.15, 0.2) is 16.3 Å². The van der Waals surface area contributed by atoms with Crippen LogP contribution in [-0.2, 0) is 16.6 Å². The molecule has 2 rings (SSSR count). The molecule has 0 spiro atoms. The second-order valence-electron chi connectivity index (χ2n) is 6.16. The first-order valence-electron chi connectivity index (χ1n) is 7.08. The summed E-state index contributed by atoms with van der Waals surface area (Å²) in [5.74, 6) is 0. The van der Waals surface area contributed by atoms with Gasteiger partial charge in [0.2, 0.25) is 10.0 Å². The maximum Gasteiger partial charge on any atom is 0.244 e. The minimum Gasteiger partial charge on any atom is -0.315 e. The van der Waals surface area contributed by atoms with Crippen LogP contribution >= 0.6 is 11.3 Å². The second kappa shape index (κ2) is 6.13. The standard InChI is InChI=1S/C14H24N2O2S2/c1-14(2)6-4-8-16(9-7-14)20(17,18)13-5-10-19-12(13)11-15-3/h5,10,15H,4,6-9,11H2,1-3H3. The van der Waals surface area contributed by atoms with Crippen molar-refractivity contribution in [3.63, 3.8) is 0 Å². The number of rotatable bonds is 4. The summed E-state index contributed by atoms with van der Waals surface area (Å²) in [5.41, 5.74) is 0.243. The average molecular weight is 316 g/mol. The summed E-state index contributed by atoms with van der Waals surface area (Å²) in [6, 6.07) is 1.74. The molecule has 0 aliphatic carbocycles. The summed E-state index contributed by atoms with van der Waals surface area (Å²) >= 11 is 1.50. The lowest BCUT2D eigenvalue weighted by molar-refractivity contribution is 0.315. The number of nitrogens with one attached hydrogen (secondary N) is 1. The highest BCUT2D eigenvalue weighted by Crippen LogP contribution is 2.33. The van der Waals surface area contributed by atoms with E-state index in [1.807, 2.05) is 12.4 Å². The Kier molecular flexibility index (Phi) is 4.89. The van der Waals surface area contributed by atoms with Gasteiger partial charge in [-0.15, -0.1) is 11.3 Å². The molecule has 0 atom stereocenters. The van der Waals surface area contributed by atoms with E-state index in [-0.39, 0.29) is 5.41 Å². The Balaban J connectivity index is 2.23. The number of nitrogens with zero attached hydrogens (tertiary/aromatic N) is 1. The van der Waals surface area contributed by atoms with Crippen LogP contribution in [0, 0.1) is 5.41 Å². The molecule has 2 heterocycles. The fraction of sp³-hybridized carbons (Fsp3) is 0.714. The van der Waals surface area contributed by atoms with Crippen LogP contribution in [-0.4, -0.2) is 32.9 Å². The molecule has 1 aromatic heterocycles. The van der Waals surface area contributed by atoms with Crippen LogP contribution in [0.3, 0.4) is 0 Å². The van der Waals surface area contributed by atoms with E-state index in [2.05, 4.69) is 19.2 Å². The highest BCUT2D eigenvalue weighted by atomic mass is 32.2. The molecule has 1 fully saturated rings. The SMILES string of the molecule is CNCc1sccc1S(=O)(=O)N1CCCC(C)(C)CC1. The van der Waals surface area contributed by atoms with E-state index in [1.54, 1.807) is 10.4 Å². The minimum atomic E-state index is -3.34. The van der Waals surface area contributed by atoms with Gasteiger partial charge in [-0.05, 0) is 43.2 Å². The Bertz CT molecular complexity index is 549. The van der Waals surface area contributed by atoms with Gasteiger partial charge >= 0.3 is 0 Å². The molecule has 6 heteroatoms. The molecule has 1 saturated heterocycles. The van der Waals surface area contributed by atoms with Crippen LogP contribution < -0.4 is 5.32 Å². The smallest absolute Gasteiger partial charge is 0.244 e. The van der Waals surface area contributed by atoms with Crippen molar-refractivity contribution in [1.82, 2.24) is 9.62 Å². The monoisotopic (exact) mass is 316 g/mol. The van der Waals surface area contributed by atoms with Gasteiger partial charge in [-0.2, -0.15) is 4.31 Å². The van der Waals surface area contributed by atoms with Gasteiger partial charge in [0.05, 0.1) is 4.90 Å². The van der Waals surface area contributed by atoms with Gasteiger partial charge in [0.25, 0.3) is 0 Å². The molecule has 0 unspecified atom stereocenters. The molecule has 20 heavy (non-hydrogen) atoms. The van der Waals surface area contributed by atoms with Crippen molar-refractivity contribution in [2.45, 2.75) is 44.6 Å². The Hall–Kier alpha value is -0.430. The van der Waals surface area contributed by atoms with E-state index < -0.39 is 10.0 Å². The maximum atomic E-state index is 12.8.